The normalized spacial score (nSPS) is 14.7. The maximum absolute atomic E-state index is 12.9. The van der Waals surface area contributed by atoms with E-state index in [1.54, 1.807) is 23.1 Å². The molecule has 28 heavy (non-hydrogen) atoms. The van der Waals surface area contributed by atoms with Gasteiger partial charge >= 0.3 is 0 Å². The van der Waals surface area contributed by atoms with Crippen molar-refractivity contribution >= 4 is 34.1 Å². The molecule has 150 valence electrons. The van der Waals surface area contributed by atoms with Gasteiger partial charge in [-0.1, -0.05) is 6.92 Å². The number of amides is 3. The summed E-state index contributed by atoms with van der Waals surface area (Å²) in [7, 11) is 0. The fraction of sp³-hybridized carbons (Fsp3) is 0.450. The Kier molecular flexibility index (Phi) is 6.51. The summed E-state index contributed by atoms with van der Waals surface area (Å²) >= 11 is 1.26. The highest BCUT2D eigenvalue weighted by Gasteiger charge is 2.29. The zero-order valence-corrected chi connectivity index (χ0v) is 16.9. The topological polar surface area (TPSA) is 91.7 Å². The molecule has 0 radical (unpaired) electrons. The number of anilines is 1. The zero-order valence-electron chi connectivity index (χ0n) is 16.1. The summed E-state index contributed by atoms with van der Waals surface area (Å²) in [5.74, 6) is -0.104. The van der Waals surface area contributed by atoms with Gasteiger partial charge in [0.15, 0.2) is 5.76 Å². The molecule has 0 aliphatic carbocycles. The van der Waals surface area contributed by atoms with E-state index in [9.17, 15) is 14.4 Å². The highest BCUT2D eigenvalue weighted by atomic mass is 32.1. The molecule has 0 aromatic carbocycles. The van der Waals surface area contributed by atoms with Crippen LogP contribution in [0, 0.1) is 12.8 Å². The lowest BCUT2D eigenvalue weighted by atomic mass is 9.95. The van der Waals surface area contributed by atoms with Crippen molar-refractivity contribution < 1.29 is 18.8 Å². The predicted octanol–water partition coefficient (Wildman–Crippen LogP) is 3.28. The summed E-state index contributed by atoms with van der Waals surface area (Å²) < 4.78 is 5.09. The van der Waals surface area contributed by atoms with Gasteiger partial charge in [-0.25, -0.2) is 0 Å². The molecular formula is C20H25N3O4S. The number of thiophene rings is 1. The first kappa shape index (κ1) is 20.1. The Labute approximate surface area is 168 Å². The van der Waals surface area contributed by atoms with Crippen LogP contribution in [0.5, 0.6) is 0 Å². The molecular weight excluding hydrogens is 378 g/mol. The molecule has 2 aromatic rings. The molecule has 3 amide bonds. The van der Waals surface area contributed by atoms with Crippen LogP contribution in [-0.4, -0.2) is 42.3 Å². The monoisotopic (exact) mass is 403 g/mol. The number of carbonyl (C=O) groups excluding carboxylic acids is 3. The number of nitrogens with zero attached hydrogens (tertiary/aromatic N) is 1. The first-order chi connectivity index (χ1) is 13.5. The van der Waals surface area contributed by atoms with Crippen molar-refractivity contribution in [1.82, 2.24) is 10.2 Å². The number of carbonyl (C=O) groups is 3. The number of likely N-dealkylation sites (tertiary alicyclic amines) is 1. The number of aryl methyl sites for hydroxylation is 1. The van der Waals surface area contributed by atoms with Crippen LogP contribution in [0.25, 0.3) is 0 Å². The van der Waals surface area contributed by atoms with Gasteiger partial charge in [0.2, 0.25) is 5.91 Å². The molecule has 7 nitrogen and oxygen atoms in total. The molecule has 3 heterocycles. The fourth-order valence-electron chi connectivity index (χ4n) is 3.22. The second-order valence-electron chi connectivity index (χ2n) is 6.91. The smallest absolute Gasteiger partial charge is 0.291 e. The Hall–Kier alpha value is -2.61. The van der Waals surface area contributed by atoms with Gasteiger partial charge in [0, 0.05) is 25.6 Å². The Morgan fingerprint density at radius 2 is 2.04 bits per heavy atom. The van der Waals surface area contributed by atoms with E-state index < -0.39 is 0 Å². The van der Waals surface area contributed by atoms with Crippen LogP contribution in [0.15, 0.2) is 28.9 Å². The Balaban J connectivity index is 1.58. The van der Waals surface area contributed by atoms with Crippen LogP contribution in [0.2, 0.25) is 0 Å². The number of hydrogen-bond acceptors (Lipinski definition) is 5. The second-order valence-corrected chi connectivity index (χ2v) is 7.96. The van der Waals surface area contributed by atoms with E-state index in [1.807, 2.05) is 13.8 Å². The third kappa shape index (κ3) is 4.62. The minimum atomic E-state index is -0.343. The van der Waals surface area contributed by atoms with Crippen LogP contribution < -0.4 is 10.6 Å². The SMILES string of the molecule is CCCNC(=O)C1CCN(C(=O)c2sc(NC(=O)c3ccco3)cc2C)CC1. The van der Waals surface area contributed by atoms with Crippen LogP contribution in [-0.2, 0) is 4.79 Å². The number of nitrogens with one attached hydrogen (secondary N) is 2. The zero-order chi connectivity index (χ0) is 20.1. The Morgan fingerprint density at radius 1 is 1.29 bits per heavy atom. The van der Waals surface area contributed by atoms with Gasteiger partial charge in [0.1, 0.15) is 0 Å². The summed E-state index contributed by atoms with van der Waals surface area (Å²) in [5, 5.41) is 6.31. The minimum absolute atomic E-state index is 0.0248. The van der Waals surface area contributed by atoms with Crippen LogP contribution in [0.1, 0.15) is 52.0 Å². The fourth-order valence-corrected chi connectivity index (χ4v) is 4.25. The van der Waals surface area contributed by atoms with Crippen molar-refractivity contribution in [3.8, 4) is 0 Å². The van der Waals surface area contributed by atoms with Crippen molar-refractivity contribution in [2.24, 2.45) is 5.92 Å². The van der Waals surface area contributed by atoms with E-state index in [4.69, 9.17) is 4.42 Å². The lowest BCUT2D eigenvalue weighted by molar-refractivity contribution is -0.126. The van der Waals surface area contributed by atoms with Gasteiger partial charge in [0.05, 0.1) is 16.1 Å². The molecule has 0 spiro atoms. The van der Waals surface area contributed by atoms with Crippen LogP contribution >= 0.6 is 11.3 Å². The van der Waals surface area contributed by atoms with E-state index in [1.165, 1.54) is 17.6 Å². The third-order valence-electron chi connectivity index (χ3n) is 4.80. The van der Waals surface area contributed by atoms with E-state index in [0.29, 0.717) is 42.4 Å². The van der Waals surface area contributed by atoms with Gasteiger partial charge < -0.3 is 20.0 Å². The molecule has 1 aliphatic heterocycles. The quantitative estimate of drug-likeness (QED) is 0.774. The molecule has 0 unspecified atom stereocenters. The van der Waals surface area contributed by atoms with Crippen molar-refractivity contribution in [3.05, 3.63) is 40.7 Å². The van der Waals surface area contributed by atoms with Gasteiger partial charge in [-0.3, -0.25) is 14.4 Å². The predicted molar refractivity (Wildman–Crippen MR) is 108 cm³/mol. The highest BCUT2D eigenvalue weighted by Crippen LogP contribution is 2.29. The molecule has 8 heteroatoms. The standard InChI is InChI=1S/C20H25N3O4S/c1-3-8-21-18(24)14-6-9-23(10-7-14)20(26)17-13(2)12-16(28-17)22-19(25)15-5-4-11-27-15/h4-5,11-12,14H,3,6-10H2,1-2H3,(H,21,24)(H,22,25). The summed E-state index contributed by atoms with van der Waals surface area (Å²) in [6.45, 7) is 5.70. The minimum Gasteiger partial charge on any atom is -0.459 e. The Morgan fingerprint density at radius 3 is 2.68 bits per heavy atom. The molecule has 2 N–H and O–H groups in total. The van der Waals surface area contributed by atoms with E-state index in [0.717, 1.165) is 12.0 Å². The number of furan rings is 1. The Bertz CT molecular complexity index is 836. The van der Waals surface area contributed by atoms with E-state index in [-0.39, 0.29) is 29.4 Å². The number of piperidine rings is 1. The largest absolute Gasteiger partial charge is 0.459 e. The molecule has 1 fully saturated rings. The molecule has 1 saturated heterocycles. The molecule has 0 bridgehead atoms. The van der Waals surface area contributed by atoms with E-state index >= 15 is 0 Å². The summed E-state index contributed by atoms with van der Waals surface area (Å²) in [6, 6.07) is 5.03. The summed E-state index contributed by atoms with van der Waals surface area (Å²) in [4.78, 5) is 39.5. The first-order valence-electron chi connectivity index (χ1n) is 9.52. The molecule has 1 aliphatic rings. The van der Waals surface area contributed by atoms with Crippen molar-refractivity contribution in [2.45, 2.75) is 33.1 Å². The molecule has 0 atom stereocenters. The number of rotatable bonds is 6. The molecule has 2 aromatic heterocycles. The molecule has 3 rings (SSSR count). The second kappa shape index (κ2) is 9.05. The maximum Gasteiger partial charge on any atom is 0.291 e. The average Bonchev–Trinajstić information content (AvgIpc) is 3.35. The van der Waals surface area contributed by atoms with Gasteiger partial charge in [-0.15, -0.1) is 11.3 Å². The van der Waals surface area contributed by atoms with Crippen molar-refractivity contribution in [2.75, 3.05) is 25.0 Å². The van der Waals surface area contributed by atoms with Crippen molar-refractivity contribution in [1.29, 1.82) is 0 Å². The highest BCUT2D eigenvalue weighted by molar-refractivity contribution is 7.18. The maximum atomic E-state index is 12.9. The lowest BCUT2D eigenvalue weighted by Crippen LogP contribution is -2.43. The van der Waals surface area contributed by atoms with E-state index in [2.05, 4.69) is 10.6 Å². The van der Waals surface area contributed by atoms with Crippen molar-refractivity contribution in [3.63, 3.8) is 0 Å². The summed E-state index contributed by atoms with van der Waals surface area (Å²) in [6.07, 6.45) is 3.71. The molecule has 0 saturated carbocycles. The summed E-state index contributed by atoms with van der Waals surface area (Å²) in [5.41, 5.74) is 0.826. The van der Waals surface area contributed by atoms with Crippen LogP contribution in [0.4, 0.5) is 5.00 Å². The van der Waals surface area contributed by atoms with Gasteiger partial charge in [0.25, 0.3) is 11.8 Å². The van der Waals surface area contributed by atoms with Gasteiger partial charge in [-0.2, -0.15) is 0 Å². The average molecular weight is 404 g/mol. The number of hydrogen-bond donors (Lipinski definition) is 2. The first-order valence-corrected chi connectivity index (χ1v) is 10.3. The van der Waals surface area contributed by atoms with Gasteiger partial charge in [-0.05, 0) is 49.9 Å². The lowest BCUT2D eigenvalue weighted by Gasteiger charge is -2.31. The van der Waals surface area contributed by atoms with Crippen LogP contribution in [0.3, 0.4) is 0 Å². The third-order valence-corrected chi connectivity index (χ3v) is 5.94.